The van der Waals surface area contributed by atoms with Crippen molar-refractivity contribution in [3.8, 4) is 5.75 Å². The Hall–Kier alpha value is -2.29. The van der Waals surface area contributed by atoms with Crippen LogP contribution in [0.2, 0.25) is 0 Å². The van der Waals surface area contributed by atoms with E-state index in [0.717, 1.165) is 18.4 Å². The summed E-state index contributed by atoms with van der Waals surface area (Å²) in [5, 5.41) is 12.4. The average molecular weight is 267 g/mol. The average Bonchev–Trinajstić information content (AvgIpc) is 2.90. The first kappa shape index (κ1) is 12.7. The van der Waals surface area contributed by atoms with Crippen molar-refractivity contribution in [3.05, 3.63) is 58.7 Å². The molecule has 102 valence electrons. The Bertz CT molecular complexity index is 677. The lowest BCUT2D eigenvalue weighted by molar-refractivity contribution is 0.102. The van der Waals surface area contributed by atoms with E-state index < -0.39 is 0 Å². The number of nitrogens with one attached hydrogen (secondary N) is 1. The minimum absolute atomic E-state index is 0.107. The number of carbonyl (C=O) groups excluding carboxylic acids is 1. The van der Waals surface area contributed by atoms with Crippen LogP contribution in [-0.2, 0) is 12.8 Å². The van der Waals surface area contributed by atoms with Gasteiger partial charge in [-0.05, 0) is 73.2 Å². The molecule has 20 heavy (non-hydrogen) atoms. The molecule has 0 saturated heterocycles. The fourth-order valence-corrected chi connectivity index (χ4v) is 2.65. The SMILES string of the molecule is Cc1cc(NC(=O)c2ccc3c(c2)CCC3)ccc1O. The topological polar surface area (TPSA) is 49.3 Å². The number of benzene rings is 2. The molecule has 2 aromatic rings. The highest BCUT2D eigenvalue weighted by Gasteiger charge is 2.14. The molecule has 0 aliphatic heterocycles. The standard InChI is InChI=1S/C17H17NO2/c1-11-9-15(7-8-16(11)19)18-17(20)14-6-5-12-3-2-4-13(12)10-14/h5-10,19H,2-4H2,1H3,(H,18,20). The van der Waals surface area contributed by atoms with Crippen molar-refractivity contribution in [2.75, 3.05) is 5.32 Å². The van der Waals surface area contributed by atoms with Crippen molar-refractivity contribution < 1.29 is 9.90 Å². The van der Waals surface area contributed by atoms with E-state index >= 15 is 0 Å². The predicted octanol–water partition coefficient (Wildman–Crippen LogP) is 3.44. The maximum atomic E-state index is 12.2. The number of aryl methyl sites for hydroxylation is 3. The highest BCUT2D eigenvalue weighted by Crippen LogP contribution is 2.24. The fourth-order valence-electron chi connectivity index (χ4n) is 2.65. The molecule has 0 bridgehead atoms. The van der Waals surface area contributed by atoms with E-state index in [4.69, 9.17) is 0 Å². The van der Waals surface area contributed by atoms with Crippen LogP contribution in [0.3, 0.4) is 0 Å². The van der Waals surface area contributed by atoms with Crippen LogP contribution < -0.4 is 5.32 Å². The molecular weight excluding hydrogens is 250 g/mol. The Labute approximate surface area is 118 Å². The Kier molecular flexibility index (Phi) is 3.18. The summed E-state index contributed by atoms with van der Waals surface area (Å²) < 4.78 is 0. The normalized spacial score (nSPS) is 13.1. The lowest BCUT2D eigenvalue weighted by atomic mass is 10.1. The van der Waals surface area contributed by atoms with Crippen LogP contribution in [0.5, 0.6) is 5.75 Å². The molecule has 1 amide bonds. The minimum Gasteiger partial charge on any atom is -0.508 e. The molecule has 1 aliphatic rings. The second-order valence-electron chi connectivity index (χ2n) is 5.29. The molecule has 2 aromatic carbocycles. The predicted molar refractivity (Wildman–Crippen MR) is 79.3 cm³/mol. The van der Waals surface area contributed by atoms with E-state index in [9.17, 15) is 9.90 Å². The van der Waals surface area contributed by atoms with Gasteiger partial charge in [0.05, 0.1) is 0 Å². The van der Waals surface area contributed by atoms with Crippen molar-refractivity contribution >= 4 is 11.6 Å². The van der Waals surface area contributed by atoms with E-state index in [2.05, 4.69) is 11.4 Å². The van der Waals surface area contributed by atoms with E-state index in [1.807, 2.05) is 12.1 Å². The van der Waals surface area contributed by atoms with Gasteiger partial charge in [-0.1, -0.05) is 6.07 Å². The van der Waals surface area contributed by atoms with Gasteiger partial charge in [0, 0.05) is 11.3 Å². The fraction of sp³-hybridized carbons (Fsp3) is 0.235. The maximum absolute atomic E-state index is 12.2. The number of phenols is 1. The van der Waals surface area contributed by atoms with E-state index in [-0.39, 0.29) is 11.7 Å². The van der Waals surface area contributed by atoms with Crippen molar-refractivity contribution in [2.24, 2.45) is 0 Å². The van der Waals surface area contributed by atoms with Crippen LogP contribution in [0.15, 0.2) is 36.4 Å². The third kappa shape index (κ3) is 2.39. The molecule has 3 heteroatoms. The molecule has 0 radical (unpaired) electrons. The number of anilines is 1. The number of fused-ring (bicyclic) bond motifs is 1. The quantitative estimate of drug-likeness (QED) is 0.819. The Morgan fingerprint density at radius 2 is 1.90 bits per heavy atom. The summed E-state index contributed by atoms with van der Waals surface area (Å²) in [6.07, 6.45) is 3.36. The van der Waals surface area contributed by atoms with Gasteiger partial charge < -0.3 is 10.4 Å². The first-order valence-electron chi connectivity index (χ1n) is 6.86. The van der Waals surface area contributed by atoms with Crippen LogP contribution >= 0.6 is 0 Å². The van der Waals surface area contributed by atoms with Crippen LogP contribution in [0.1, 0.15) is 33.5 Å². The molecule has 3 rings (SSSR count). The second-order valence-corrected chi connectivity index (χ2v) is 5.29. The Balaban J connectivity index is 1.80. The van der Waals surface area contributed by atoms with Gasteiger partial charge in [-0.25, -0.2) is 0 Å². The summed E-state index contributed by atoms with van der Waals surface area (Å²) in [7, 11) is 0. The molecule has 0 aromatic heterocycles. The lowest BCUT2D eigenvalue weighted by Gasteiger charge is -2.08. The number of hydrogen-bond acceptors (Lipinski definition) is 2. The molecule has 1 aliphatic carbocycles. The first-order chi connectivity index (χ1) is 9.63. The summed E-state index contributed by atoms with van der Waals surface area (Å²) in [6.45, 7) is 1.81. The van der Waals surface area contributed by atoms with Crippen molar-refractivity contribution in [3.63, 3.8) is 0 Å². The van der Waals surface area contributed by atoms with Crippen LogP contribution in [-0.4, -0.2) is 11.0 Å². The molecule has 3 nitrogen and oxygen atoms in total. The van der Waals surface area contributed by atoms with E-state index in [0.29, 0.717) is 11.3 Å². The van der Waals surface area contributed by atoms with Gasteiger partial charge >= 0.3 is 0 Å². The number of carbonyl (C=O) groups is 1. The van der Waals surface area contributed by atoms with Crippen molar-refractivity contribution in [2.45, 2.75) is 26.2 Å². The third-order valence-corrected chi connectivity index (χ3v) is 3.82. The summed E-state index contributed by atoms with van der Waals surface area (Å²) in [6, 6.07) is 11.0. The van der Waals surface area contributed by atoms with Gasteiger partial charge in [0.2, 0.25) is 0 Å². The monoisotopic (exact) mass is 267 g/mol. The van der Waals surface area contributed by atoms with Crippen molar-refractivity contribution in [1.82, 2.24) is 0 Å². The summed E-state index contributed by atoms with van der Waals surface area (Å²) >= 11 is 0. The highest BCUT2D eigenvalue weighted by atomic mass is 16.3. The largest absolute Gasteiger partial charge is 0.508 e. The van der Waals surface area contributed by atoms with Gasteiger partial charge in [-0.2, -0.15) is 0 Å². The Morgan fingerprint density at radius 3 is 2.70 bits per heavy atom. The summed E-state index contributed by atoms with van der Waals surface area (Å²) in [5.41, 5.74) is 4.79. The molecule has 0 heterocycles. The number of hydrogen-bond donors (Lipinski definition) is 2. The number of rotatable bonds is 2. The molecule has 0 atom stereocenters. The van der Waals surface area contributed by atoms with Gasteiger partial charge in [-0.3, -0.25) is 4.79 Å². The maximum Gasteiger partial charge on any atom is 0.255 e. The minimum atomic E-state index is -0.107. The van der Waals surface area contributed by atoms with Gasteiger partial charge in [0.15, 0.2) is 0 Å². The lowest BCUT2D eigenvalue weighted by Crippen LogP contribution is -2.12. The molecule has 2 N–H and O–H groups in total. The third-order valence-electron chi connectivity index (χ3n) is 3.82. The van der Waals surface area contributed by atoms with Gasteiger partial charge in [-0.15, -0.1) is 0 Å². The van der Waals surface area contributed by atoms with E-state index in [1.165, 1.54) is 17.5 Å². The molecule has 0 unspecified atom stereocenters. The van der Waals surface area contributed by atoms with Gasteiger partial charge in [0.25, 0.3) is 5.91 Å². The second kappa shape index (κ2) is 5.00. The molecular formula is C17H17NO2. The van der Waals surface area contributed by atoms with Gasteiger partial charge in [0.1, 0.15) is 5.75 Å². The van der Waals surface area contributed by atoms with Crippen LogP contribution in [0.4, 0.5) is 5.69 Å². The number of amides is 1. The molecule has 0 saturated carbocycles. The van der Waals surface area contributed by atoms with Crippen molar-refractivity contribution in [1.29, 1.82) is 0 Å². The summed E-state index contributed by atoms with van der Waals surface area (Å²) in [5.74, 6) is 0.130. The molecule has 0 fully saturated rings. The first-order valence-corrected chi connectivity index (χ1v) is 6.86. The van der Waals surface area contributed by atoms with Crippen LogP contribution in [0, 0.1) is 6.92 Å². The summed E-state index contributed by atoms with van der Waals surface area (Å²) in [4.78, 5) is 12.2. The number of aromatic hydroxyl groups is 1. The smallest absolute Gasteiger partial charge is 0.255 e. The zero-order valence-electron chi connectivity index (χ0n) is 11.4. The van der Waals surface area contributed by atoms with Crippen LogP contribution in [0.25, 0.3) is 0 Å². The zero-order valence-corrected chi connectivity index (χ0v) is 11.4. The molecule has 0 spiro atoms. The highest BCUT2D eigenvalue weighted by molar-refractivity contribution is 6.04. The zero-order chi connectivity index (χ0) is 14.1. The Morgan fingerprint density at radius 1 is 1.10 bits per heavy atom. The number of phenolic OH excluding ortho intramolecular Hbond substituents is 1. The van der Waals surface area contributed by atoms with E-state index in [1.54, 1.807) is 25.1 Å².